The fourth-order valence-corrected chi connectivity index (χ4v) is 2.95. The lowest BCUT2D eigenvalue weighted by molar-refractivity contribution is -0.127. The summed E-state index contributed by atoms with van der Waals surface area (Å²) in [4.78, 5) is 45.6. The molecule has 0 spiro atoms. The van der Waals surface area contributed by atoms with Gasteiger partial charge in [0.2, 0.25) is 17.7 Å². The average molecular weight is 523 g/mol. The van der Waals surface area contributed by atoms with Crippen LogP contribution in [0.4, 0.5) is 0 Å². The van der Waals surface area contributed by atoms with E-state index in [2.05, 4.69) is 33.5 Å². The van der Waals surface area contributed by atoms with Crippen molar-refractivity contribution >= 4 is 36.3 Å². The minimum Gasteiger partial charge on any atom is -0.377 e. The smallest absolute Gasteiger partial charge is 0.246 e. The number of Topliss-reactive ketones (excluding diaryl/α,β-unsaturated/α-hetero) is 1. The second-order valence-electron chi connectivity index (χ2n) is 7.51. The van der Waals surface area contributed by atoms with Gasteiger partial charge in [0.25, 0.3) is 0 Å². The lowest BCUT2D eigenvalue weighted by atomic mass is 10.0. The molecule has 0 saturated heterocycles. The molecule has 4 N–H and O–H groups in total. The van der Waals surface area contributed by atoms with Gasteiger partial charge >= 0.3 is 0 Å². The maximum absolute atomic E-state index is 11.7. The lowest BCUT2D eigenvalue weighted by Crippen LogP contribution is -2.32. The zero-order chi connectivity index (χ0) is 26.2. The Bertz CT molecular complexity index is 598. The zero-order valence-corrected chi connectivity index (χ0v) is 21.8. The van der Waals surface area contributed by atoms with Crippen molar-refractivity contribution in [3.05, 3.63) is 0 Å². The molecule has 0 aliphatic carbocycles. The summed E-state index contributed by atoms with van der Waals surface area (Å²) in [6.45, 7) is 6.32. The van der Waals surface area contributed by atoms with E-state index < -0.39 is 0 Å². The Labute approximate surface area is 213 Å². The first-order valence-electron chi connectivity index (χ1n) is 11.9. The van der Waals surface area contributed by atoms with Crippen LogP contribution in [0.25, 0.3) is 0 Å². The summed E-state index contributed by atoms with van der Waals surface area (Å²) < 4.78 is 23.7. The molecule has 35 heavy (non-hydrogen) atoms. The van der Waals surface area contributed by atoms with Crippen molar-refractivity contribution in [2.45, 2.75) is 45.6 Å². The molecule has 0 fully saturated rings. The molecule has 0 rings (SSSR count). The van der Waals surface area contributed by atoms with Crippen LogP contribution in [0.5, 0.6) is 0 Å². The highest BCUT2D eigenvalue weighted by molar-refractivity contribution is 7.78. The molecule has 0 aliphatic heterocycles. The number of rotatable bonds is 24. The van der Waals surface area contributed by atoms with Gasteiger partial charge in [0.1, 0.15) is 19.0 Å². The first kappa shape index (κ1) is 33.2. The third kappa shape index (κ3) is 22.4. The number of amides is 3. The molecule has 0 aromatic carbocycles. The number of ketones is 1. The number of hydrogen-bond donors (Lipinski definition) is 5. The molecule has 12 nitrogen and oxygen atoms in total. The molecule has 0 aromatic heterocycles. The fraction of sp³-hybridized carbons (Fsp3) is 0.818. The molecule has 1 atom stereocenters. The highest BCUT2D eigenvalue weighted by Crippen LogP contribution is 2.04. The van der Waals surface area contributed by atoms with Crippen molar-refractivity contribution in [2.75, 3.05) is 72.5 Å². The van der Waals surface area contributed by atoms with Gasteiger partial charge in [-0.05, 0) is 19.3 Å². The molecular weight excluding hydrogens is 480 g/mol. The second kappa shape index (κ2) is 23.9. The van der Waals surface area contributed by atoms with Crippen LogP contribution in [0.2, 0.25) is 0 Å². The van der Waals surface area contributed by atoms with Gasteiger partial charge in [-0.1, -0.05) is 19.7 Å². The molecule has 3 amide bonds. The number of nitrogens with one attached hydrogen (secondary N) is 4. The predicted octanol–water partition coefficient (Wildman–Crippen LogP) is -0.626. The van der Waals surface area contributed by atoms with E-state index in [0.29, 0.717) is 58.9 Å². The van der Waals surface area contributed by atoms with Crippen LogP contribution >= 0.6 is 12.8 Å². The van der Waals surface area contributed by atoms with E-state index in [0.717, 1.165) is 12.8 Å². The molecule has 0 saturated carbocycles. The third-order valence-corrected chi connectivity index (χ3v) is 4.85. The third-order valence-electron chi connectivity index (χ3n) is 4.53. The SMILES string of the molecule is CCC(=O)[C@H](CCCCNC(=O)COCCOCCNC(=O)COCCOCCNC(C)=O)NS. The van der Waals surface area contributed by atoms with E-state index in [1.807, 2.05) is 6.92 Å². The Morgan fingerprint density at radius 1 is 0.714 bits per heavy atom. The number of hydrogen-bond acceptors (Lipinski definition) is 10. The molecule has 0 heterocycles. The maximum Gasteiger partial charge on any atom is 0.246 e. The van der Waals surface area contributed by atoms with Gasteiger partial charge < -0.3 is 34.9 Å². The normalized spacial score (nSPS) is 11.6. The van der Waals surface area contributed by atoms with Gasteiger partial charge in [-0.2, -0.15) is 0 Å². The quantitative estimate of drug-likeness (QED) is 0.0824. The first-order chi connectivity index (χ1) is 16.9. The summed E-state index contributed by atoms with van der Waals surface area (Å²) >= 11 is 3.98. The largest absolute Gasteiger partial charge is 0.377 e. The molecule has 0 unspecified atom stereocenters. The Balaban J connectivity index is 3.41. The van der Waals surface area contributed by atoms with E-state index >= 15 is 0 Å². The van der Waals surface area contributed by atoms with E-state index in [1.165, 1.54) is 6.92 Å². The van der Waals surface area contributed by atoms with Crippen LogP contribution < -0.4 is 20.7 Å². The minimum atomic E-state index is -0.255. The molecule has 0 bridgehead atoms. The molecule has 13 heteroatoms. The van der Waals surface area contributed by atoms with Crippen molar-refractivity contribution in [2.24, 2.45) is 0 Å². The first-order valence-corrected chi connectivity index (χ1v) is 12.4. The zero-order valence-electron chi connectivity index (χ0n) is 20.9. The van der Waals surface area contributed by atoms with Gasteiger partial charge in [-0.25, -0.2) is 0 Å². The monoisotopic (exact) mass is 522 g/mol. The lowest BCUT2D eigenvalue weighted by Gasteiger charge is -2.13. The predicted molar refractivity (Wildman–Crippen MR) is 133 cm³/mol. The maximum atomic E-state index is 11.7. The van der Waals surface area contributed by atoms with Crippen molar-refractivity contribution in [3.8, 4) is 0 Å². The van der Waals surface area contributed by atoms with Gasteiger partial charge in [0, 0.05) is 33.0 Å². The van der Waals surface area contributed by atoms with Crippen LogP contribution in [-0.4, -0.2) is 102 Å². The highest BCUT2D eigenvalue weighted by Gasteiger charge is 2.13. The molecule has 204 valence electrons. The summed E-state index contributed by atoms with van der Waals surface area (Å²) in [7, 11) is 0. The standard InChI is InChI=1S/C22H42N4O8S/c1-3-20(28)19(26-35)6-4-5-7-24-21(29)16-33-15-13-32-11-9-25-22(30)17-34-14-12-31-10-8-23-18(2)27/h19,26,35H,3-17H2,1-2H3,(H,23,27)(H,24,29)(H,25,30)/t19-/m0/s1. The number of thiol groups is 1. The molecular formula is C22H42N4O8S. The Hall–Kier alpha value is -1.77. The van der Waals surface area contributed by atoms with Gasteiger partial charge in [0.15, 0.2) is 0 Å². The topological polar surface area (TPSA) is 153 Å². The minimum absolute atomic E-state index is 0.0521. The van der Waals surface area contributed by atoms with E-state index in [-0.39, 0.29) is 56.0 Å². The fourth-order valence-electron chi connectivity index (χ4n) is 2.68. The Morgan fingerprint density at radius 2 is 1.23 bits per heavy atom. The summed E-state index contributed by atoms with van der Waals surface area (Å²) in [5.74, 6) is -0.438. The van der Waals surface area contributed by atoms with Crippen LogP contribution in [0.1, 0.15) is 39.5 Å². The van der Waals surface area contributed by atoms with Gasteiger partial charge in [0.05, 0.1) is 45.7 Å². The average Bonchev–Trinajstić information content (AvgIpc) is 2.83. The molecule has 0 aliphatic rings. The van der Waals surface area contributed by atoms with E-state index in [1.54, 1.807) is 0 Å². The number of carbonyl (C=O) groups is 4. The molecule has 0 aromatic rings. The molecule has 0 radical (unpaired) electrons. The number of unbranched alkanes of at least 4 members (excludes halogenated alkanes) is 1. The summed E-state index contributed by atoms with van der Waals surface area (Å²) in [6.07, 6.45) is 2.73. The van der Waals surface area contributed by atoms with E-state index in [9.17, 15) is 19.2 Å². The highest BCUT2D eigenvalue weighted by atomic mass is 32.1. The Kier molecular flexibility index (Phi) is 22.7. The second-order valence-corrected chi connectivity index (χ2v) is 7.77. The van der Waals surface area contributed by atoms with Crippen molar-refractivity contribution < 1.29 is 38.1 Å². The number of ether oxygens (including phenoxy) is 4. The van der Waals surface area contributed by atoms with Crippen molar-refractivity contribution in [1.82, 2.24) is 20.7 Å². The van der Waals surface area contributed by atoms with Crippen molar-refractivity contribution in [1.29, 1.82) is 0 Å². The Morgan fingerprint density at radius 3 is 1.74 bits per heavy atom. The van der Waals surface area contributed by atoms with Gasteiger partial charge in [-0.15, -0.1) is 0 Å². The summed E-state index contributed by atoms with van der Waals surface area (Å²) in [5, 5.41) is 8.03. The van der Waals surface area contributed by atoms with Gasteiger partial charge in [-0.3, -0.25) is 23.9 Å². The van der Waals surface area contributed by atoms with E-state index in [4.69, 9.17) is 18.9 Å². The van der Waals surface area contributed by atoms with Crippen molar-refractivity contribution in [3.63, 3.8) is 0 Å². The van der Waals surface area contributed by atoms with Crippen LogP contribution in [0, 0.1) is 0 Å². The van der Waals surface area contributed by atoms with Crippen LogP contribution in [0.3, 0.4) is 0 Å². The van der Waals surface area contributed by atoms with Crippen LogP contribution in [0.15, 0.2) is 0 Å². The number of carbonyl (C=O) groups excluding carboxylic acids is 4. The van der Waals surface area contributed by atoms with Crippen LogP contribution in [-0.2, 0) is 38.1 Å². The summed E-state index contributed by atoms with van der Waals surface area (Å²) in [5.41, 5.74) is 0. The summed E-state index contributed by atoms with van der Waals surface area (Å²) in [6, 6.07) is -0.247.